The van der Waals surface area contributed by atoms with Crippen molar-refractivity contribution in [2.24, 2.45) is 5.92 Å². The van der Waals surface area contributed by atoms with Crippen LogP contribution in [0.25, 0.3) is 11.2 Å². The minimum absolute atomic E-state index is 0.255. The number of methoxy groups -OCH3 is 1. The fourth-order valence-corrected chi connectivity index (χ4v) is 3.46. The van der Waals surface area contributed by atoms with Gasteiger partial charge < -0.3 is 20.4 Å². The van der Waals surface area contributed by atoms with Crippen LogP contribution in [0.1, 0.15) is 17.5 Å². The Morgan fingerprint density at radius 2 is 2.36 bits per heavy atom. The van der Waals surface area contributed by atoms with Crippen LogP contribution in [0.3, 0.4) is 0 Å². The second-order valence-electron chi connectivity index (χ2n) is 6.86. The molecule has 0 spiro atoms. The fourth-order valence-electron chi connectivity index (χ4n) is 3.46. The summed E-state index contributed by atoms with van der Waals surface area (Å²) in [4.78, 5) is 24.2. The number of imidazole rings is 1. The highest BCUT2D eigenvalue weighted by Gasteiger charge is 2.16. The van der Waals surface area contributed by atoms with Crippen molar-refractivity contribution >= 4 is 17.1 Å². The third kappa shape index (κ3) is 3.57. The van der Waals surface area contributed by atoms with Gasteiger partial charge in [-0.3, -0.25) is 4.57 Å². The monoisotopic (exact) mass is 378 g/mol. The number of fused-ring (bicyclic) bond motifs is 1. The Balaban J connectivity index is 1.65. The number of nitrogens with zero attached hydrogens (tertiary/aromatic N) is 3. The van der Waals surface area contributed by atoms with Crippen molar-refractivity contribution in [3.05, 3.63) is 46.0 Å². The van der Waals surface area contributed by atoms with Gasteiger partial charge in [-0.2, -0.15) is 4.98 Å². The Labute approximate surface area is 162 Å². The molecule has 1 aliphatic rings. The van der Waals surface area contributed by atoms with Crippen molar-refractivity contribution in [2.75, 3.05) is 32.1 Å². The van der Waals surface area contributed by atoms with E-state index in [0.717, 1.165) is 37.2 Å². The normalized spacial score (nSPS) is 16.2. The number of aromatic amines is 1. The lowest BCUT2D eigenvalue weighted by atomic mass is 10.1. The van der Waals surface area contributed by atoms with E-state index in [-0.39, 0.29) is 5.69 Å². The molecular formula is C20H22N6O2. The number of terminal acetylenes is 1. The number of aromatic nitrogens is 4. The highest BCUT2D eigenvalue weighted by atomic mass is 16.5. The fraction of sp³-hybridized carbons (Fsp3) is 0.350. The third-order valence-electron chi connectivity index (χ3n) is 5.00. The molecule has 0 radical (unpaired) electrons. The molecule has 8 heteroatoms. The second kappa shape index (κ2) is 7.74. The lowest BCUT2D eigenvalue weighted by Gasteiger charge is -2.11. The molecule has 1 aromatic carbocycles. The summed E-state index contributed by atoms with van der Waals surface area (Å²) < 4.78 is 6.99. The predicted molar refractivity (Wildman–Crippen MR) is 108 cm³/mol. The highest BCUT2D eigenvalue weighted by molar-refractivity contribution is 5.71. The SMILES string of the molecule is C#Cc1ccc(OC)c(Cn2c(=O)[nH]c3cnc(NC[C@@H]4CCNC4)nc32)c1. The van der Waals surface area contributed by atoms with Crippen LogP contribution in [0.2, 0.25) is 0 Å². The molecule has 3 heterocycles. The molecule has 0 unspecified atom stereocenters. The molecule has 0 amide bonds. The molecule has 3 N–H and O–H groups in total. The quantitative estimate of drug-likeness (QED) is 0.558. The average molecular weight is 378 g/mol. The Kier molecular flexibility index (Phi) is 5.00. The minimum Gasteiger partial charge on any atom is -0.496 e. The Bertz CT molecular complexity index is 1090. The summed E-state index contributed by atoms with van der Waals surface area (Å²) in [5.74, 6) is 4.35. The van der Waals surface area contributed by atoms with Gasteiger partial charge in [-0.25, -0.2) is 9.78 Å². The number of hydrogen-bond acceptors (Lipinski definition) is 6. The van der Waals surface area contributed by atoms with Crippen LogP contribution < -0.4 is 21.1 Å². The first-order chi connectivity index (χ1) is 13.7. The van der Waals surface area contributed by atoms with Crippen molar-refractivity contribution in [1.82, 2.24) is 24.8 Å². The molecule has 8 nitrogen and oxygen atoms in total. The van der Waals surface area contributed by atoms with Crippen LogP contribution in [0.15, 0.2) is 29.2 Å². The Hall–Kier alpha value is -3.31. The summed E-state index contributed by atoms with van der Waals surface area (Å²) in [6.45, 7) is 3.13. The van der Waals surface area contributed by atoms with Crippen molar-refractivity contribution < 1.29 is 4.74 Å². The summed E-state index contributed by atoms with van der Waals surface area (Å²) in [5.41, 5.74) is 2.41. The number of benzene rings is 1. The molecule has 1 fully saturated rings. The molecular weight excluding hydrogens is 356 g/mol. The van der Waals surface area contributed by atoms with Crippen LogP contribution in [0, 0.1) is 18.3 Å². The van der Waals surface area contributed by atoms with Gasteiger partial charge in [-0.05, 0) is 43.6 Å². The lowest BCUT2D eigenvalue weighted by molar-refractivity contribution is 0.408. The number of anilines is 1. The van der Waals surface area contributed by atoms with E-state index in [2.05, 4.69) is 31.5 Å². The highest BCUT2D eigenvalue weighted by Crippen LogP contribution is 2.22. The van der Waals surface area contributed by atoms with Crippen molar-refractivity contribution in [3.8, 4) is 18.1 Å². The van der Waals surface area contributed by atoms with Gasteiger partial charge in [0, 0.05) is 17.7 Å². The molecule has 0 aliphatic carbocycles. The zero-order chi connectivity index (χ0) is 19.5. The second-order valence-corrected chi connectivity index (χ2v) is 6.86. The summed E-state index contributed by atoms with van der Waals surface area (Å²) in [7, 11) is 1.59. The third-order valence-corrected chi connectivity index (χ3v) is 5.00. The lowest BCUT2D eigenvalue weighted by Crippen LogP contribution is -2.19. The zero-order valence-corrected chi connectivity index (χ0v) is 15.7. The first-order valence-corrected chi connectivity index (χ1v) is 9.21. The number of hydrogen-bond donors (Lipinski definition) is 3. The summed E-state index contributed by atoms with van der Waals surface area (Å²) in [6.07, 6.45) is 8.27. The zero-order valence-electron chi connectivity index (χ0n) is 15.7. The molecule has 0 bridgehead atoms. The van der Waals surface area contributed by atoms with E-state index in [0.29, 0.717) is 35.3 Å². The maximum absolute atomic E-state index is 12.5. The summed E-state index contributed by atoms with van der Waals surface area (Å²) in [5, 5.41) is 6.62. The summed E-state index contributed by atoms with van der Waals surface area (Å²) in [6, 6.07) is 5.46. The van der Waals surface area contributed by atoms with Crippen LogP contribution in [0.4, 0.5) is 5.95 Å². The van der Waals surface area contributed by atoms with Gasteiger partial charge >= 0.3 is 5.69 Å². The maximum Gasteiger partial charge on any atom is 0.328 e. The van der Waals surface area contributed by atoms with Gasteiger partial charge in [0.1, 0.15) is 11.3 Å². The Morgan fingerprint density at radius 3 is 3.11 bits per heavy atom. The van der Waals surface area contributed by atoms with Crippen LogP contribution in [-0.4, -0.2) is 46.3 Å². The van der Waals surface area contributed by atoms with Gasteiger partial charge in [0.05, 0.1) is 19.9 Å². The van der Waals surface area contributed by atoms with E-state index in [9.17, 15) is 4.79 Å². The molecule has 1 saturated heterocycles. The number of ether oxygens (including phenoxy) is 1. The van der Waals surface area contributed by atoms with E-state index in [1.165, 1.54) is 0 Å². The molecule has 2 aromatic heterocycles. The van der Waals surface area contributed by atoms with Crippen LogP contribution in [0.5, 0.6) is 5.75 Å². The van der Waals surface area contributed by atoms with E-state index < -0.39 is 0 Å². The van der Waals surface area contributed by atoms with Crippen LogP contribution in [-0.2, 0) is 6.54 Å². The van der Waals surface area contributed by atoms with Crippen molar-refractivity contribution in [1.29, 1.82) is 0 Å². The van der Waals surface area contributed by atoms with Gasteiger partial charge in [-0.1, -0.05) is 5.92 Å². The largest absolute Gasteiger partial charge is 0.496 e. The first-order valence-electron chi connectivity index (χ1n) is 9.21. The smallest absolute Gasteiger partial charge is 0.328 e. The topological polar surface area (TPSA) is 96.9 Å². The average Bonchev–Trinajstić information content (AvgIpc) is 3.34. The first kappa shape index (κ1) is 18.1. The molecule has 3 aromatic rings. The van der Waals surface area contributed by atoms with E-state index in [4.69, 9.17) is 11.2 Å². The van der Waals surface area contributed by atoms with Crippen molar-refractivity contribution in [2.45, 2.75) is 13.0 Å². The van der Waals surface area contributed by atoms with Gasteiger partial charge in [0.15, 0.2) is 5.65 Å². The van der Waals surface area contributed by atoms with Crippen LogP contribution >= 0.6 is 0 Å². The molecule has 1 aliphatic heterocycles. The molecule has 4 rings (SSSR count). The number of rotatable bonds is 6. The van der Waals surface area contributed by atoms with Crippen molar-refractivity contribution in [3.63, 3.8) is 0 Å². The van der Waals surface area contributed by atoms with Gasteiger partial charge in [-0.15, -0.1) is 6.42 Å². The molecule has 144 valence electrons. The number of H-pyrrole nitrogens is 1. The standard InChI is InChI=1S/C20H22N6O2/c1-3-13-4-5-17(28-2)15(8-13)12-26-18-16(24-20(26)27)11-23-19(25-18)22-10-14-6-7-21-9-14/h1,4-5,8,11,14,21H,6-7,9-10,12H2,2H3,(H,24,27)(H,22,23,25)/t14-/m1/s1. The Morgan fingerprint density at radius 1 is 1.46 bits per heavy atom. The maximum atomic E-state index is 12.5. The van der Waals surface area contributed by atoms with Gasteiger partial charge in [0.25, 0.3) is 0 Å². The minimum atomic E-state index is -0.255. The number of nitrogens with one attached hydrogen (secondary N) is 3. The van der Waals surface area contributed by atoms with E-state index in [1.807, 2.05) is 18.2 Å². The van der Waals surface area contributed by atoms with Gasteiger partial charge in [0.2, 0.25) is 5.95 Å². The predicted octanol–water partition coefficient (Wildman–Crippen LogP) is 1.18. The molecule has 28 heavy (non-hydrogen) atoms. The molecule has 0 saturated carbocycles. The molecule has 1 atom stereocenters. The van der Waals surface area contributed by atoms with E-state index >= 15 is 0 Å². The van der Waals surface area contributed by atoms with E-state index in [1.54, 1.807) is 17.9 Å². The summed E-state index contributed by atoms with van der Waals surface area (Å²) >= 11 is 0.